The van der Waals surface area contributed by atoms with Crippen molar-refractivity contribution in [2.24, 2.45) is 0 Å². The van der Waals surface area contributed by atoms with Gasteiger partial charge < -0.3 is 10.1 Å². The molecule has 0 saturated heterocycles. The number of carbonyl (C=O) groups is 1. The van der Waals surface area contributed by atoms with Crippen molar-refractivity contribution < 1.29 is 9.53 Å². The maximum absolute atomic E-state index is 12.3. The first-order chi connectivity index (χ1) is 10.2. The summed E-state index contributed by atoms with van der Waals surface area (Å²) in [6.07, 6.45) is 1.78. The number of methoxy groups -OCH3 is 1. The van der Waals surface area contributed by atoms with Crippen LogP contribution >= 0.6 is 11.6 Å². The largest absolute Gasteiger partial charge is 0.495 e. The molecule has 0 radical (unpaired) electrons. The van der Waals surface area contributed by atoms with Crippen LogP contribution in [0.3, 0.4) is 0 Å². The molecular weight excluding hydrogens is 290 g/mol. The van der Waals surface area contributed by atoms with Crippen molar-refractivity contribution in [2.45, 2.75) is 0 Å². The number of halogens is 1. The van der Waals surface area contributed by atoms with Crippen LogP contribution in [0.4, 0.5) is 5.69 Å². The van der Waals surface area contributed by atoms with Crippen molar-refractivity contribution >= 4 is 28.7 Å². The molecule has 0 spiro atoms. The van der Waals surface area contributed by atoms with Gasteiger partial charge in [-0.05, 0) is 36.4 Å². The van der Waals surface area contributed by atoms with Gasteiger partial charge in [-0.1, -0.05) is 17.7 Å². The molecule has 0 fully saturated rings. The van der Waals surface area contributed by atoms with Crippen LogP contribution < -0.4 is 10.1 Å². The van der Waals surface area contributed by atoms with Crippen LogP contribution in [0.2, 0.25) is 5.02 Å². The average Bonchev–Trinajstić information content (AvgIpc) is 2.91. The van der Waals surface area contributed by atoms with Gasteiger partial charge in [0.1, 0.15) is 5.75 Å². The van der Waals surface area contributed by atoms with Crippen LogP contribution in [0.1, 0.15) is 10.5 Å². The predicted molar refractivity (Wildman–Crippen MR) is 81.1 cm³/mol. The van der Waals surface area contributed by atoms with E-state index in [4.69, 9.17) is 16.3 Å². The van der Waals surface area contributed by atoms with Crippen molar-refractivity contribution in [3.8, 4) is 5.75 Å². The summed E-state index contributed by atoms with van der Waals surface area (Å²) in [6, 6.07) is 12.4. The Hall–Kier alpha value is -2.53. The van der Waals surface area contributed by atoms with E-state index in [-0.39, 0.29) is 5.91 Å². The summed E-state index contributed by atoms with van der Waals surface area (Å²) < 4.78 is 6.84. The Balaban J connectivity index is 1.91. The fourth-order valence-electron chi connectivity index (χ4n) is 2.01. The van der Waals surface area contributed by atoms with E-state index in [2.05, 4.69) is 10.4 Å². The molecule has 2 aromatic heterocycles. The third-order valence-corrected chi connectivity index (χ3v) is 3.25. The van der Waals surface area contributed by atoms with E-state index in [0.29, 0.717) is 22.2 Å². The quantitative estimate of drug-likeness (QED) is 0.808. The smallest absolute Gasteiger partial charge is 0.276 e. The first-order valence-corrected chi connectivity index (χ1v) is 6.64. The standard InChI is InChI=1S/C15H12ClN3O2/c1-21-14-6-5-10(16)8-12(14)17-15(20)13-9-11-4-2-3-7-19(11)18-13/h2-9H,1H3,(H,17,20). The van der Waals surface area contributed by atoms with Gasteiger partial charge in [-0.15, -0.1) is 0 Å². The van der Waals surface area contributed by atoms with Crippen LogP contribution in [0, 0.1) is 0 Å². The van der Waals surface area contributed by atoms with E-state index < -0.39 is 0 Å². The highest BCUT2D eigenvalue weighted by atomic mass is 35.5. The summed E-state index contributed by atoms with van der Waals surface area (Å²) in [6.45, 7) is 0. The molecule has 0 aliphatic heterocycles. The lowest BCUT2D eigenvalue weighted by Gasteiger charge is -2.09. The van der Waals surface area contributed by atoms with Crippen molar-refractivity contribution in [1.82, 2.24) is 9.61 Å². The molecule has 1 amide bonds. The van der Waals surface area contributed by atoms with E-state index in [9.17, 15) is 4.79 Å². The zero-order valence-corrected chi connectivity index (χ0v) is 12.0. The van der Waals surface area contributed by atoms with Crippen LogP contribution in [0.25, 0.3) is 5.52 Å². The van der Waals surface area contributed by atoms with Crippen molar-refractivity contribution in [2.75, 3.05) is 12.4 Å². The third kappa shape index (κ3) is 2.68. The van der Waals surface area contributed by atoms with Crippen LogP contribution in [-0.4, -0.2) is 22.6 Å². The minimum Gasteiger partial charge on any atom is -0.495 e. The summed E-state index contributed by atoms with van der Waals surface area (Å²) >= 11 is 5.94. The molecule has 106 valence electrons. The molecule has 0 unspecified atom stereocenters. The van der Waals surface area contributed by atoms with Gasteiger partial charge in [0.2, 0.25) is 0 Å². The molecule has 0 saturated carbocycles. The maximum atomic E-state index is 12.3. The topological polar surface area (TPSA) is 55.6 Å². The zero-order valence-electron chi connectivity index (χ0n) is 11.2. The summed E-state index contributed by atoms with van der Waals surface area (Å²) in [5, 5.41) is 7.49. The second-order valence-electron chi connectivity index (χ2n) is 4.40. The first-order valence-electron chi connectivity index (χ1n) is 6.26. The summed E-state index contributed by atoms with van der Waals surface area (Å²) in [7, 11) is 1.53. The van der Waals surface area contributed by atoms with Gasteiger partial charge in [-0.3, -0.25) is 4.79 Å². The number of hydrogen-bond donors (Lipinski definition) is 1. The lowest BCUT2D eigenvalue weighted by atomic mass is 10.2. The molecule has 1 aromatic carbocycles. The van der Waals surface area contributed by atoms with E-state index in [0.717, 1.165) is 5.52 Å². The van der Waals surface area contributed by atoms with Gasteiger partial charge in [0, 0.05) is 11.2 Å². The van der Waals surface area contributed by atoms with E-state index in [1.54, 1.807) is 35.0 Å². The highest BCUT2D eigenvalue weighted by molar-refractivity contribution is 6.31. The average molecular weight is 302 g/mol. The molecular formula is C15H12ClN3O2. The molecule has 0 atom stereocenters. The van der Waals surface area contributed by atoms with Gasteiger partial charge in [0.15, 0.2) is 5.69 Å². The van der Waals surface area contributed by atoms with Gasteiger partial charge in [0.25, 0.3) is 5.91 Å². The second kappa shape index (κ2) is 5.46. The number of benzene rings is 1. The van der Waals surface area contributed by atoms with Crippen LogP contribution in [0.5, 0.6) is 5.75 Å². The van der Waals surface area contributed by atoms with Gasteiger partial charge in [-0.2, -0.15) is 5.10 Å². The number of hydrogen-bond acceptors (Lipinski definition) is 3. The predicted octanol–water partition coefficient (Wildman–Crippen LogP) is 3.25. The molecule has 0 aliphatic carbocycles. The highest BCUT2D eigenvalue weighted by Crippen LogP contribution is 2.28. The molecule has 3 rings (SSSR count). The Morgan fingerprint density at radius 2 is 2.14 bits per heavy atom. The SMILES string of the molecule is COc1ccc(Cl)cc1NC(=O)c1cc2ccccn2n1. The summed E-state index contributed by atoms with van der Waals surface area (Å²) in [5.41, 5.74) is 1.68. The second-order valence-corrected chi connectivity index (χ2v) is 4.83. The number of aromatic nitrogens is 2. The molecule has 0 bridgehead atoms. The Kier molecular flexibility index (Phi) is 3.50. The Labute approximate surface area is 126 Å². The van der Waals surface area contributed by atoms with Crippen molar-refractivity contribution in [1.29, 1.82) is 0 Å². The Bertz CT molecular complexity index is 781. The number of pyridine rings is 1. The summed E-state index contributed by atoms with van der Waals surface area (Å²) in [5.74, 6) is 0.218. The third-order valence-electron chi connectivity index (χ3n) is 3.01. The minimum atomic E-state index is -0.320. The molecule has 1 N–H and O–H groups in total. The molecule has 0 aliphatic rings. The summed E-state index contributed by atoms with van der Waals surface area (Å²) in [4.78, 5) is 12.3. The van der Waals surface area contributed by atoms with Crippen LogP contribution in [-0.2, 0) is 0 Å². The first kappa shape index (κ1) is 13.5. The maximum Gasteiger partial charge on any atom is 0.276 e. The van der Waals surface area contributed by atoms with Gasteiger partial charge in [0.05, 0.1) is 18.3 Å². The van der Waals surface area contributed by atoms with Crippen LogP contribution in [0.15, 0.2) is 48.7 Å². The fourth-order valence-corrected chi connectivity index (χ4v) is 2.19. The van der Waals surface area contributed by atoms with Gasteiger partial charge in [-0.25, -0.2) is 4.52 Å². The molecule has 5 nitrogen and oxygen atoms in total. The lowest BCUT2D eigenvalue weighted by molar-refractivity contribution is 0.102. The molecule has 6 heteroatoms. The number of ether oxygens (including phenoxy) is 1. The fraction of sp³-hybridized carbons (Fsp3) is 0.0667. The van der Waals surface area contributed by atoms with Gasteiger partial charge >= 0.3 is 0 Å². The number of carbonyl (C=O) groups excluding carboxylic acids is 1. The van der Waals surface area contributed by atoms with Crippen molar-refractivity contribution in [3.05, 3.63) is 59.4 Å². The normalized spacial score (nSPS) is 10.6. The lowest BCUT2D eigenvalue weighted by Crippen LogP contribution is -2.13. The molecule has 3 aromatic rings. The minimum absolute atomic E-state index is 0.320. The number of nitrogens with zero attached hydrogens (tertiary/aromatic N) is 2. The Morgan fingerprint density at radius 3 is 2.90 bits per heavy atom. The number of anilines is 1. The van der Waals surface area contributed by atoms with Crippen molar-refractivity contribution in [3.63, 3.8) is 0 Å². The number of rotatable bonds is 3. The number of nitrogens with one attached hydrogen (secondary N) is 1. The van der Waals surface area contributed by atoms with E-state index in [1.165, 1.54) is 7.11 Å². The monoisotopic (exact) mass is 301 g/mol. The Morgan fingerprint density at radius 1 is 1.29 bits per heavy atom. The zero-order chi connectivity index (χ0) is 14.8. The number of fused-ring (bicyclic) bond motifs is 1. The number of amides is 1. The molecule has 2 heterocycles. The van der Waals surface area contributed by atoms with E-state index >= 15 is 0 Å². The molecule has 21 heavy (non-hydrogen) atoms. The highest BCUT2D eigenvalue weighted by Gasteiger charge is 2.13. The van der Waals surface area contributed by atoms with E-state index in [1.807, 2.05) is 18.2 Å².